The number of aromatic nitrogens is 3. The number of nitrogens with zero attached hydrogens (tertiary/aromatic N) is 3. The summed E-state index contributed by atoms with van der Waals surface area (Å²) in [5, 5.41) is 3.93. The highest BCUT2D eigenvalue weighted by Crippen LogP contribution is 2.40. The van der Waals surface area contributed by atoms with Crippen molar-refractivity contribution in [3.05, 3.63) is 47.4 Å². The highest BCUT2D eigenvalue weighted by molar-refractivity contribution is 7.90. The summed E-state index contributed by atoms with van der Waals surface area (Å²) < 4.78 is 22.6. The van der Waals surface area contributed by atoms with Crippen LogP contribution in [0.25, 0.3) is 11.0 Å². The van der Waals surface area contributed by atoms with E-state index in [9.17, 15) is 13.2 Å². The average Bonchev–Trinajstić information content (AvgIpc) is 3.37. The van der Waals surface area contributed by atoms with Crippen LogP contribution in [0, 0.1) is 5.92 Å². The lowest BCUT2D eigenvalue weighted by atomic mass is 9.86. The maximum absolute atomic E-state index is 12.8. The van der Waals surface area contributed by atoms with Gasteiger partial charge in [0, 0.05) is 36.6 Å². The van der Waals surface area contributed by atoms with Crippen molar-refractivity contribution < 1.29 is 13.2 Å². The molecule has 1 atom stereocenters. The third-order valence-corrected chi connectivity index (χ3v) is 7.49. The summed E-state index contributed by atoms with van der Waals surface area (Å²) >= 11 is 0. The van der Waals surface area contributed by atoms with Crippen molar-refractivity contribution in [1.82, 2.24) is 20.3 Å². The van der Waals surface area contributed by atoms with Crippen LogP contribution in [0.5, 0.6) is 0 Å². The quantitative estimate of drug-likeness (QED) is 0.555. The van der Waals surface area contributed by atoms with E-state index >= 15 is 0 Å². The lowest BCUT2D eigenvalue weighted by molar-refractivity contribution is -0.125. The van der Waals surface area contributed by atoms with Crippen molar-refractivity contribution >= 4 is 38.3 Å². The Hall–Kier alpha value is -2.94. The smallest absolute Gasteiger partial charge is 0.223 e. The summed E-state index contributed by atoms with van der Waals surface area (Å²) in [7, 11) is -3.01. The SMILES string of the molecule is CS(=O)(=O)CCCNC(=O)[C@H]1CCc2[nH]c3ncnc(N4CCc5ccccc54)c3c2C1. The Kier molecular flexibility index (Phi) is 5.36. The highest BCUT2D eigenvalue weighted by atomic mass is 32.2. The van der Waals surface area contributed by atoms with Crippen LogP contribution in [0.4, 0.5) is 11.5 Å². The average molecular weight is 454 g/mol. The number of hydrogen-bond donors (Lipinski definition) is 2. The van der Waals surface area contributed by atoms with Gasteiger partial charge in [-0.3, -0.25) is 4.79 Å². The van der Waals surface area contributed by atoms with E-state index < -0.39 is 9.84 Å². The number of nitrogens with one attached hydrogen (secondary N) is 2. The number of hydrogen-bond acceptors (Lipinski definition) is 6. The van der Waals surface area contributed by atoms with Gasteiger partial charge in [-0.25, -0.2) is 18.4 Å². The van der Waals surface area contributed by atoms with Gasteiger partial charge in [0.2, 0.25) is 5.91 Å². The molecule has 168 valence electrons. The molecular formula is C23H27N5O3S. The Labute approximate surface area is 187 Å². The molecule has 2 aromatic heterocycles. The molecule has 1 aliphatic carbocycles. The molecule has 5 rings (SSSR count). The van der Waals surface area contributed by atoms with E-state index in [1.54, 1.807) is 6.33 Å². The van der Waals surface area contributed by atoms with E-state index in [2.05, 4.69) is 43.4 Å². The summed E-state index contributed by atoms with van der Waals surface area (Å²) in [6.07, 6.45) is 6.40. The molecule has 0 radical (unpaired) electrons. The number of fused-ring (bicyclic) bond motifs is 4. The zero-order valence-electron chi connectivity index (χ0n) is 18.1. The Morgan fingerprint density at radius 3 is 2.94 bits per heavy atom. The van der Waals surface area contributed by atoms with Crippen molar-refractivity contribution in [1.29, 1.82) is 0 Å². The predicted octanol–water partition coefficient (Wildman–Crippen LogP) is 2.31. The Morgan fingerprint density at radius 2 is 2.09 bits per heavy atom. The van der Waals surface area contributed by atoms with Gasteiger partial charge >= 0.3 is 0 Å². The number of amides is 1. The second-order valence-corrected chi connectivity index (χ2v) is 11.0. The largest absolute Gasteiger partial charge is 0.356 e. The Morgan fingerprint density at radius 1 is 1.25 bits per heavy atom. The maximum Gasteiger partial charge on any atom is 0.223 e. The van der Waals surface area contributed by atoms with E-state index in [4.69, 9.17) is 0 Å². The van der Waals surface area contributed by atoms with Crippen molar-refractivity contribution in [3.63, 3.8) is 0 Å². The first kappa shape index (κ1) is 20.9. The van der Waals surface area contributed by atoms with Gasteiger partial charge in [0.15, 0.2) is 0 Å². The topological polar surface area (TPSA) is 108 Å². The van der Waals surface area contributed by atoms with Gasteiger partial charge < -0.3 is 15.2 Å². The molecule has 0 unspecified atom stereocenters. The lowest BCUT2D eigenvalue weighted by Crippen LogP contribution is -2.35. The van der Waals surface area contributed by atoms with Crippen LogP contribution >= 0.6 is 0 Å². The van der Waals surface area contributed by atoms with Crippen LogP contribution in [0.2, 0.25) is 0 Å². The second kappa shape index (κ2) is 8.20. The number of rotatable bonds is 6. The van der Waals surface area contributed by atoms with Crippen molar-refractivity contribution in [2.45, 2.75) is 32.1 Å². The number of sulfone groups is 1. The summed E-state index contributed by atoms with van der Waals surface area (Å²) in [6.45, 7) is 1.25. The molecule has 2 N–H and O–H groups in total. The van der Waals surface area contributed by atoms with Crippen LogP contribution < -0.4 is 10.2 Å². The molecule has 1 amide bonds. The monoisotopic (exact) mass is 453 g/mol. The fraction of sp³-hybridized carbons (Fsp3) is 0.435. The minimum atomic E-state index is -3.01. The van der Waals surface area contributed by atoms with Gasteiger partial charge in [-0.2, -0.15) is 0 Å². The highest BCUT2D eigenvalue weighted by Gasteiger charge is 2.31. The van der Waals surface area contributed by atoms with Crippen molar-refractivity contribution in [2.24, 2.45) is 5.92 Å². The third kappa shape index (κ3) is 3.97. The molecule has 3 aromatic rings. The Bertz CT molecular complexity index is 1280. The van der Waals surface area contributed by atoms with Crippen molar-refractivity contribution in [3.8, 4) is 0 Å². The van der Waals surface area contributed by atoms with Crippen LogP contribution in [-0.4, -0.2) is 54.4 Å². The summed E-state index contributed by atoms with van der Waals surface area (Å²) in [5.74, 6) is 0.830. The molecule has 2 aliphatic rings. The lowest BCUT2D eigenvalue weighted by Gasteiger charge is -2.23. The minimum absolute atomic E-state index is 0.0107. The van der Waals surface area contributed by atoms with Crippen LogP contribution in [0.3, 0.4) is 0 Å². The first-order chi connectivity index (χ1) is 15.4. The predicted molar refractivity (Wildman–Crippen MR) is 124 cm³/mol. The Balaban J connectivity index is 1.39. The summed E-state index contributed by atoms with van der Waals surface area (Å²) in [4.78, 5) is 27.6. The van der Waals surface area contributed by atoms with Crippen LogP contribution in [0.1, 0.15) is 29.7 Å². The van der Waals surface area contributed by atoms with Gasteiger partial charge in [0.25, 0.3) is 0 Å². The third-order valence-electron chi connectivity index (χ3n) is 6.46. The fourth-order valence-electron chi connectivity index (χ4n) is 4.90. The molecule has 0 saturated carbocycles. The van der Waals surface area contributed by atoms with Gasteiger partial charge in [0.1, 0.15) is 27.6 Å². The number of carbonyl (C=O) groups excluding carboxylic acids is 1. The molecule has 32 heavy (non-hydrogen) atoms. The number of benzene rings is 1. The molecule has 8 nitrogen and oxygen atoms in total. The van der Waals surface area contributed by atoms with E-state index in [0.29, 0.717) is 19.4 Å². The summed E-state index contributed by atoms with van der Waals surface area (Å²) in [5.41, 5.74) is 5.57. The number of aryl methyl sites for hydroxylation is 1. The van der Waals surface area contributed by atoms with E-state index in [-0.39, 0.29) is 17.6 Å². The van der Waals surface area contributed by atoms with E-state index in [0.717, 1.165) is 53.9 Å². The van der Waals surface area contributed by atoms with Gasteiger partial charge in [-0.15, -0.1) is 0 Å². The van der Waals surface area contributed by atoms with E-state index in [1.165, 1.54) is 17.5 Å². The number of H-pyrrole nitrogens is 1. The molecule has 0 spiro atoms. The zero-order chi connectivity index (χ0) is 22.3. The number of anilines is 2. The maximum atomic E-state index is 12.8. The molecule has 0 fully saturated rings. The van der Waals surface area contributed by atoms with Gasteiger partial charge in [0.05, 0.1) is 11.1 Å². The molecule has 9 heteroatoms. The first-order valence-corrected chi connectivity index (χ1v) is 13.1. The molecule has 1 aromatic carbocycles. The fourth-order valence-corrected chi connectivity index (χ4v) is 5.57. The number of aromatic amines is 1. The molecular weight excluding hydrogens is 426 g/mol. The van der Waals surface area contributed by atoms with Crippen LogP contribution in [-0.2, 0) is 33.9 Å². The van der Waals surface area contributed by atoms with Crippen LogP contribution in [0.15, 0.2) is 30.6 Å². The summed E-state index contributed by atoms with van der Waals surface area (Å²) in [6, 6.07) is 8.40. The van der Waals surface area contributed by atoms with E-state index in [1.807, 2.05) is 6.07 Å². The van der Waals surface area contributed by atoms with Gasteiger partial charge in [-0.05, 0) is 49.3 Å². The number of para-hydroxylation sites is 1. The minimum Gasteiger partial charge on any atom is -0.356 e. The van der Waals surface area contributed by atoms with Crippen molar-refractivity contribution in [2.75, 3.05) is 30.0 Å². The zero-order valence-corrected chi connectivity index (χ0v) is 18.9. The van der Waals surface area contributed by atoms with Gasteiger partial charge in [-0.1, -0.05) is 18.2 Å². The normalized spacial score (nSPS) is 17.9. The number of carbonyl (C=O) groups is 1. The second-order valence-electron chi connectivity index (χ2n) is 8.75. The molecule has 3 heterocycles. The molecule has 1 aliphatic heterocycles. The first-order valence-electron chi connectivity index (χ1n) is 11.1. The molecule has 0 bridgehead atoms. The standard InChI is InChI=1S/C23H27N5O3S/c1-32(30,31)12-4-10-24-23(29)16-7-8-18-17(13-16)20-21(27-18)25-14-26-22(20)28-11-9-15-5-2-3-6-19(15)28/h2-3,5-6,14,16H,4,7-13H2,1H3,(H,24,29)(H,25,26,27)/t16-/m0/s1. The molecule has 0 saturated heterocycles.